The predicted molar refractivity (Wildman–Crippen MR) is 56.7 cm³/mol. The molecule has 1 aromatic rings. The van der Waals surface area contributed by atoms with E-state index in [0.29, 0.717) is 18.4 Å². The molecule has 0 saturated carbocycles. The van der Waals surface area contributed by atoms with Crippen molar-refractivity contribution in [1.29, 1.82) is 0 Å². The maximum Gasteiger partial charge on any atom is 0.123 e. The van der Waals surface area contributed by atoms with E-state index in [-0.39, 0.29) is 0 Å². The Hall–Kier alpha value is -1.13. The van der Waals surface area contributed by atoms with Crippen molar-refractivity contribution in [3.63, 3.8) is 0 Å². The van der Waals surface area contributed by atoms with Gasteiger partial charge >= 0.3 is 0 Å². The molecule has 0 fully saturated rings. The van der Waals surface area contributed by atoms with Gasteiger partial charge in [0, 0.05) is 24.3 Å². The maximum atomic E-state index is 9.72. The van der Waals surface area contributed by atoms with Gasteiger partial charge < -0.3 is 16.2 Å². The van der Waals surface area contributed by atoms with Gasteiger partial charge in [0.15, 0.2) is 0 Å². The normalized spacial score (nSPS) is 13.1. The summed E-state index contributed by atoms with van der Waals surface area (Å²) in [6.45, 7) is 4.60. The SMILES string of the molecule is CC(C)NC[C@H](O)c1ccc(N)nc1. The highest BCUT2D eigenvalue weighted by Gasteiger charge is 2.07. The van der Waals surface area contributed by atoms with Crippen LogP contribution in [0.3, 0.4) is 0 Å². The molecule has 1 heterocycles. The van der Waals surface area contributed by atoms with Gasteiger partial charge in [0.1, 0.15) is 5.82 Å². The van der Waals surface area contributed by atoms with Crippen LogP contribution in [0.25, 0.3) is 0 Å². The van der Waals surface area contributed by atoms with Crippen LogP contribution < -0.4 is 11.1 Å². The van der Waals surface area contributed by atoms with Crippen molar-refractivity contribution >= 4 is 5.82 Å². The van der Waals surface area contributed by atoms with Gasteiger partial charge in [-0.3, -0.25) is 0 Å². The number of pyridine rings is 1. The Morgan fingerprint density at radius 3 is 2.71 bits per heavy atom. The molecule has 1 aromatic heterocycles. The van der Waals surface area contributed by atoms with E-state index >= 15 is 0 Å². The molecule has 4 nitrogen and oxygen atoms in total. The minimum atomic E-state index is -0.523. The van der Waals surface area contributed by atoms with Crippen LogP contribution in [0, 0.1) is 0 Å². The van der Waals surface area contributed by atoms with E-state index in [4.69, 9.17) is 5.73 Å². The Labute approximate surface area is 84.2 Å². The Balaban J connectivity index is 2.52. The topological polar surface area (TPSA) is 71.2 Å². The fourth-order valence-corrected chi connectivity index (χ4v) is 1.08. The van der Waals surface area contributed by atoms with Crippen molar-refractivity contribution in [2.75, 3.05) is 12.3 Å². The van der Waals surface area contributed by atoms with Gasteiger partial charge in [-0.05, 0) is 6.07 Å². The summed E-state index contributed by atoms with van der Waals surface area (Å²) in [6, 6.07) is 3.84. The fraction of sp³-hybridized carbons (Fsp3) is 0.500. The smallest absolute Gasteiger partial charge is 0.123 e. The fourth-order valence-electron chi connectivity index (χ4n) is 1.08. The molecule has 0 aliphatic heterocycles. The largest absolute Gasteiger partial charge is 0.387 e. The Morgan fingerprint density at radius 2 is 2.21 bits per heavy atom. The number of aromatic nitrogens is 1. The summed E-state index contributed by atoms with van der Waals surface area (Å²) in [5, 5.41) is 12.9. The number of nitrogen functional groups attached to an aromatic ring is 1. The van der Waals surface area contributed by atoms with E-state index < -0.39 is 6.10 Å². The van der Waals surface area contributed by atoms with E-state index in [1.54, 1.807) is 18.3 Å². The van der Waals surface area contributed by atoms with Crippen LogP contribution in [0.15, 0.2) is 18.3 Å². The lowest BCUT2D eigenvalue weighted by Gasteiger charge is -2.13. The molecule has 0 unspecified atom stereocenters. The zero-order chi connectivity index (χ0) is 10.6. The third-order valence-corrected chi connectivity index (χ3v) is 1.91. The van der Waals surface area contributed by atoms with Gasteiger partial charge in [-0.25, -0.2) is 4.98 Å². The van der Waals surface area contributed by atoms with Crippen molar-refractivity contribution in [1.82, 2.24) is 10.3 Å². The molecule has 4 N–H and O–H groups in total. The summed E-state index contributed by atoms with van der Waals surface area (Å²) in [5.41, 5.74) is 6.23. The molecular weight excluding hydrogens is 178 g/mol. The molecule has 0 saturated heterocycles. The highest BCUT2D eigenvalue weighted by atomic mass is 16.3. The molecule has 78 valence electrons. The second kappa shape index (κ2) is 4.93. The van der Waals surface area contributed by atoms with Crippen molar-refractivity contribution in [2.45, 2.75) is 26.0 Å². The van der Waals surface area contributed by atoms with E-state index in [0.717, 1.165) is 5.56 Å². The number of rotatable bonds is 4. The van der Waals surface area contributed by atoms with Crippen LogP contribution in [0.4, 0.5) is 5.82 Å². The molecule has 0 radical (unpaired) electrons. The molecule has 0 bridgehead atoms. The summed E-state index contributed by atoms with van der Waals surface area (Å²) in [5.74, 6) is 0.470. The van der Waals surface area contributed by atoms with E-state index in [9.17, 15) is 5.11 Å². The lowest BCUT2D eigenvalue weighted by atomic mass is 10.1. The van der Waals surface area contributed by atoms with Crippen molar-refractivity contribution in [3.8, 4) is 0 Å². The van der Waals surface area contributed by atoms with Crippen molar-refractivity contribution in [3.05, 3.63) is 23.9 Å². The van der Waals surface area contributed by atoms with Gasteiger partial charge in [0.25, 0.3) is 0 Å². The van der Waals surface area contributed by atoms with Crippen molar-refractivity contribution in [2.24, 2.45) is 0 Å². The molecule has 1 atom stereocenters. The lowest BCUT2D eigenvalue weighted by Crippen LogP contribution is -2.27. The average Bonchev–Trinajstić information content (AvgIpc) is 2.15. The summed E-state index contributed by atoms with van der Waals surface area (Å²) in [7, 11) is 0. The summed E-state index contributed by atoms with van der Waals surface area (Å²) >= 11 is 0. The van der Waals surface area contributed by atoms with E-state index in [2.05, 4.69) is 10.3 Å². The van der Waals surface area contributed by atoms with Gasteiger partial charge in [-0.15, -0.1) is 0 Å². The number of hydrogen-bond donors (Lipinski definition) is 3. The summed E-state index contributed by atoms with van der Waals surface area (Å²) < 4.78 is 0. The summed E-state index contributed by atoms with van der Waals surface area (Å²) in [6.07, 6.45) is 1.08. The molecule has 0 aliphatic carbocycles. The third-order valence-electron chi connectivity index (χ3n) is 1.91. The van der Waals surface area contributed by atoms with Crippen LogP contribution in [0.2, 0.25) is 0 Å². The monoisotopic (exact) mass is 195 g/mol. The molecule has 4 heteroatoms. The second-order valence-electron chi connectivity index (χ2n) is 3.60. The standard InChI is InChI=1S/C10H17N3O/c1-7(2)12-6-9(14)8-3-4-10(11)13-5-8/h3-5,7,9,12,14H,6H2,1-2H3,(H2,11,13)/t9-/m0/s1. The first-order chi connectivity index (χ1) is 6.59. The van der Waals surface area contributed by atoms with E-state index in [1.165, 1.54) is 0 Å². The number of hydrogen-bond acceptors (Lipinski definition) is 4. The highest BCUT2D eigenvalue weighted by molar-refractivity contribution is 5.30. The molecule has 0 aliphatic rings. The number of anilines is 1. The molecular formula is C10H17N3O. The molecule has 0 amide bonds. The zero-order valence-corrected chi connectivity index (χ0v) is 8.57. The minimum Gasteiger partial charge on any atom is -0.387 e. The number of aliphatic hydroxyl groups is 1. The van der Waals surface area contributed by atoms with Crippen LogP contribution in [-0.4, -0.2) is 22.7 Å². The predicted octanol–water partition coefficient (Wildman–Crippen LogP) is 0.695. The second-order valence-corrected chi connectivity index (χ2v) is 3.60. The Kier molecular flexibility index (Phi) is 3.85. The molecule has 0 aromatic carbocycles. The Morgan fingerprint density at radius 1 is 1.50 bits per heavy atom. The quantitative estimate of drug-likeness (QED) is 0.661. The van der Waals surface area contributed by atoms with Gasteiger partial charge in [-0.1, -0.05) is 19.9 Å². The van der Waals surface area contributed by atoms with Crippen LogP contribution >= 0.6 is 0 Å². The number of nitrogens with one attached hydrogen (secondary N) is 1. The first-order valence-electron chi connectivity index (χ1n) is 4.72. The van der Waals surface area contributed by atoms with Crippen molar-refractivity contribution < 1.29 is 5.11 Å². The van der Waals surface area contributed by atoms with Crippen LogP contribution in [-0.2, 0) is 0 Å². The maximum absolute atomic E-state index is 9.72. The van der Waals surface area contributed by atoms with Gasteiger partial charge in [0.05, 0.1) is 6.10 Å². The molecule has 14 heavy (non-hydrogen) atoms. The minimum absolute atomic E-state index is 0.367. The summed E-state index contributed by atoms with van der Waals surface area (Å²) in [4.78, 5) is 3.92. The average molecular weight is 195 g/mol. The first kappa shape index (κ1) is 10.9. The third kappa shape index (κ3) is 3.32. The lowest BCUT2D eigenvalue weighted by molar-refractivity contribution is 0.171. The Bertz CT molecular complexity index is 271. The van der Waals surface area contributed by atoms with Crippen LogP contribution in [0.5, 0.6) is 0 Å². The number of aliphatic hydroxyl groups excluding tert-OH is 1. The highest BCUT2D eigenvalue weighted by Crippen LogP contribution is 2.11. The number of nitrogens with zero attached hydrogens (tertiary/aromatic N) is 1. The van der Waals surface area contributed by atoms with E-state index in [1.807, 2.05) is 13.8 Å². The molecule has 1 rings (SSSR count). The number of nitrogens with two attached hydrogens (primary N) is 1. The van der Waals surface area contributed by atoms with Gasteiger partial charge in [0.2, 0.25) is 0 Å². The molecule has 0 spiro atoms. The van der Waals surface area contributed by atoms with Gasteiger partial charge in [-0.2, -0.15) is 0 Å². The van der Waals surface area contributed by atoms with Crippen LogP contribution in [0.1, 0.15) is 25.5 Å². The zero-order valence-electron chi connectivity index (χ0n) is 8.57. The first-order valence-corrected chi connectivity index (χ1v) is 4.72.